The van der Waals surface area contributed by atoms with Gasteiger partial charge in [-0.25, -0.2) is 8.42 Å². The van der Waals surface area contributed by atoms with E-state index in [-0.39, 0.29) is 16.6 Å². The van der Waals surface area contributed by atoms with Gasteiger partial charge in [0.1, 0.15) is 0 Å². The Bertz CT molecular complexity index is 845. The van der Waals surface area contributed by atoms with Gasteiger partial charge >= 0.3 is 5.69 Å². The first kappa shape index (κ1) is 20.5. The average Bonchev–Trinajstić information content (AvgIpc) is 3.23. The molecule has 0 N–H and O–H groups in total. The number of hydrogen-bond donors (Lipinski definition) is 0. The van der Waals surface area contributed by atoms with Crippen LogP contribution in [0.25, 0.3) is 0 Å². The van der Waals surface area contributed by atoms with Crippen molar-refractivity contribution in [3.05, 3.63) is 28.3 Å². The van der Waals surface area contributed by atoms with Gasteiger partial charge in [0.2, 0.25) is 10.0 Å². The second-order valence-electron chi connectivity index (χ2n) is 7.14. The molecule has 1 aromatic rings. The van der Waals surface area contributed by atoms with Crippen molar-refractivity contribution >= 4 is 21.6 Å². The van der Waals surface area contributed by atoms with Crippen molar-refractivity contribution in [3.63, 3.8) is 0 Å². The summed E-state index contributed by atoms with van der Waals surface area (Å²) in [4.78, 5) is 24.9. The molecule has 28 heavy (non-hydrogen) atoms. The number of benzene rings is 1. The molecule has 0 aromatic heterocycles. The number of ether oxygens (including phenoxy) is 1. The minimum absolute atomic E-state index is 0.108. The number of sulfonamides is 1. The summed E-state index contributed by atoms with van der Waals surface area (Å²) in [6, 6.07) is 3.58. The van der Waals surface area contributed by atoms with Crippen molar-refractivity contribution < 1.29 is 22.9 Å². The molecular weight excluding hydrogens is 386 g/mol. The Kier molecular flexibility index (Phi) is 6.19. The predicted octanol–water partition coefficient (Wildman–Crippen LogP) is 2.16. The molecule has 1 atom stereocenters. The SMILES string of the molecule is C[C@@H](Oc1ccc(S(=O)(=O)N2CCCC2)cc1[N+](=O)[O-])C(=O)N1CCCCC1. The van der Waals surface area contributed by atoms with Crippen molar-refractivity contribution in [1.82, 2.24) is 9.21 Å². The Balaban J connectivity index is 1.81. The Labute approximate surface area is 164 Å². The molecule has 10 heteroatoms. The minimum Gasteiger partial charge on any atom is -0.474 e. The lowest BCUT2D eigenvalue weighted by Crippen LogP contribution is -2.43. The zero-order valence-electron chi connectivity index (χ0n) is 15.9. The molecule has 3 rings (SSSR count). The first-order valence-electron chi connectivity index (χ1n) is 9.55. The number of carbonyl (C=O) groups excluding carboxylic acids is 1. The quantitative estimate of drug-likeness (QED) is 0.524. The molecule has 1 amide bonds. The van der Waals surface area contributed by atoms with Crippen LogP contribution in [0.15, 0.2) is 23.1 Å². The number of nitro benzene ring substituents is 1. The number of likely N-dealkylation sites (tertiary alicyclic amines) is 1. The van der Waals surface area contributed by atoms with Crippen LogP contribution >= 0.6 is 0 Å². The third-order valence-electron chi connectivity index (χ3n) is 5.15. The maximum atomic E-state index is 12.7. The van der Waals surface area contributed by atoms with Gasteiger partial charge in [0.25, 0.3) is 5.91 Å². The van der Waals surface area contributed by atoms with E-state index in [2.05, 4.69) is 0 Å². The maximum Gasteiger partial charge on any atom is 0.312 e. The second-order valence-corrected chi connectivity index (χ2v) is 9.08. The topological polar surface area (TPSA) is 110 Å². The number of hydrogen-bond acceptors (Lipinski definition) is 6. The van der Waals surface area contributed by atoms with E-state index in [1.807, 2.05) is 0 Å². The summed E-state index contributed by atoms with van der Waals surface area (Å²) in [7, 11) is -3.78. The van der Waals surface area contributed by atoms with Gasteiger partial charge in [0.15, 0.2) is 11.9 Å². The number of nitrogens with zero attached hydrogens (tertiary/aromatic N) is 3. The third kappa shape index (κ3) is 4.27. The van der Waals surface area contributed by atoms with Gasteiger partial charge in [-0.05, 0) is 51.2 Å². The van der Waals surface area contributed by atoms with Crippen LogP contribution in [0.2, 0.25) is 0 Å². The molecule has 0 spiro atoms. The van der Waals surface area contributed by atoms with E-state index in [1.165, 1.54) is 16.4 Å². The monoisotopic (exact) mass is 411 g/mol. The van der Waals surface area contributed by atoms with E-state index >= 15 is 0 Å². The molecule has 9 nitrogen and oxygen atoms in total. The molecule has 154 valence electrons. The van der Waals surface area contributed by atoms with Gasteiger partial charge in [0, 0.05) is 32.2 Å². The number of piperidine rings is 1. The highest BCUT2D eigenvalue weighted by Gasteiger charge is 2.31. The van der Waals surface area contributed by atoms with Gasteiger partial charge in [-0.1, -0.05) is 0 Å². The summed E-state index contributed by atoms with van der Waals surface area (Å²) >= 11 is 0. The smallest absolute Gasteiger partial charge is 0.312 e. The Morgan fingerprint density at radius 2 is 1.71 bits per heavy atom. The standard InChI is InChI=1S/C18H25N3O6S/c1-14(18(22)19-9-3-2-4-10-19)27-17-8-7-15(13-16(17)21(23)24)28(25,26)20-11-5-6-12-20/h7-8,13-14H,2-6,9-12H2,1H3/t14-/m1/s1. The highest BCUT2D eigenvalue weighted by atomic mass is 32.2. The van der Waals surface area contributed by atoms with Crippen LogP contribution < -0.4 is 4.74 Å². The van der Waals surface area contributed by atoms with E-state index < -0.39 is 26.7 Å². The molecule has 2 fully saturated rings. The Morgan fingerprint density at radius 1 is 1.11 bits per heavy atom. The van der Waals surface area contributed by atoms with Crippen LogP contribution in [0, 0.1) is 10.1 Å². The summed E-state index contributed by atoms with van der Waals surface area (Å²) in [5.74, 6) is -0.328. The maximum absolute atomic E-state index is 12.7. The van der Waals surface area contributed by atoms with Crippen molar-refractivity contribution in [3.8, 4) is 5.75 Å². The lowest BCUT2D eigenvalue weighted by atomic mass is 10.1. The van der Waals surface area contributed by atoms with Gasteiger partial charge < -0.3 is 9.64 Å². The van der Waals surface area contributed by atoms with Crippen molar-refractivity contribution in [2.75, 3.05) is 26.2 Å². The van der Waals surface area contributed by atoms with E-state index in [4.69, 9.17) is 4.74 Å². The van der Waals surface area contributed by atoms with Crippen LogP contribution in [0.4, 0.5) is 5.69 Å². The molecule has 0 unspecified atom stereocenters. The lowest BCUT2D eigenvalue weighted by molar-refractivity contribution is -0.386. The number of nitro groups is 1. The van der Waals surface area contributed by atoms with Crippen LogP contribution in [-0.4, -0.2) is 60.7 Å². The zero-order chi connectivity index (χ0) is 20.3. The molecule has 0 bridgehead atoms. The van der Waals surface area contributed by atoms with E-state index in [0.29, 0.717) is 26.2 Å². The number of rotatable bonds is 6. The molecule has 2 aliphatic heterocycles. The van der Waals surface area contributed by atoms with Crippen molar-refractivity contribution in [2.45, 2.75) is 50.0 Å². The van der Waals surface area contributed by atoms with Gasteiger partial charge in [-0.2, -0.15) is 4.31 Å². The molecule has 0 radical (unpaired) electrons. The van der Waals surface area contributed by atoms with Gasteiger partial charge in [-0.15, -0.1) is 0 Å². The highest BCUT2D eigenvalue weighted by Crippen LogP contribution is 2.32. The molecular formula is C18H25N3O6S. The first-order chi connectivity index (χ1) is 13.3. The van der Waals surface area contributed by atoms with Crippen LogP contribution in [0.5, 0.6) is 5.75 Å². The highest BCUT2D eigenvalue weighted by molar-refractivity contribution is 7.89. The summed E-state index contributed by atoms with van der Waals surface area (Å²) < 4.78 is 32.2. The fourth-order valence-electron chi connectivity index (χ4n) is 3.59. The predicted molar refractivity (Wildman–Crippen MR) is 102 cm³/mol. The van der Waals surface area contributed by atoms with Crippen molar-refractivity contribution in [1.29, 1.82) is 0 Å². The Hall–Kier alpha value is -2.20. The largest absolute Gasteiger partial charge is 0.474 e. The van der Waals surface area contributed by atoms with E-state index in [0.717, 1.165) is 38.2 Å². The lowest BCUT2D eigenvalue weighted by Gasteiger charge is -2.29. The van der Waals surface area contributed by atoms with Crippen molar-refractivity contribution in [2.24, 2.45) is 0 Å². The molecule has 2 aliphatic rings. The molecule has 0 aliphatic carbocycles. The van der Waals surface area contributed by atoms with Gasteiger partial charge in [0.05, 0.1) is 9.82 Å². The normalized spacial score (nSPS) is 19.4. The molecule has 2 heterocycles. The van der Waals surface area contributed by atoms with Crippen LogP contribution in [0.3, 0.4) is 0 Å². The average molecular weight is 411 g/mol. The summed E-state index contributed by atoms with van der Waals surface area (Å²) in [6.07, 6.45) is 3.61. The molecule has 2 saturated heterocycles. The second kappa shape index (κ2) is 8.44. The zero-order valence-corrected chi connectivity index (χ0v) is 16.7. The summed E-state index contributed by atoms with van der Waals surface area (Å²) in [5.41, 5.74) is -0.460. The fraction of sp³-hybridized carbons (Fsp3) is 0.611. The third-order valence-corrected chi connectivity index (χ3v) is 7.04. The van der Waals surface area contributed by atoms with Crippen LogP contribution in [0.1, 0.15) is 39.0 Å². The van der Waals surface area contributed by atoms with E-state index in [9.17, 15) is 23.3 Å². The summed E-state index contributed by atoms with van der Waals surface area (Å²) in [6.45, 7) is 3.68. The molecule has 0 saturated carbocycles. The van der Waals surface area contributed by atoms with Crippen LogP contribution in [-0.2, 0) is 14.8 Å². The summed E-state index contributed by atoms with van der Waals surface area (Å²) in [5, 5.41) is 11.5. The fourth-order valence-corrected chi connectivity index (χ4v) is 5.13. The number of carbonyl (C=O) groups is 1. The number of amides is 1. The first-order valence-corrected chi connectivity index (χ1v) is 11.0. The molecule has 1 aromatic carbocycles. The van der Waals surface area contributed by atoms with Gasteiger partial charge in [-0.3, -0.25) is 14.9 Å². The Morgan fingerprint density at radius 3 is 2.32 bits per heavy atom. The minimum atomic E-state index is -3.78. The van der Waals surface area contributed by atoms with E-state index in [1.54, 1.807) is 11.8 Å².